The van der Waals surface area contributed by atoms with Gasteiger partial charge in [-0.15, -0.1) is 0 Å². The molecule has 0 spiro atoms. The van der Waals surface area contributed by atoms with Gasteiger partial charge >= 0.3 is 5.97 Å². The van der Waals surface area contributed by atoms with E-state index in [1.807, 2.05) is 73.7 Å². The summed E-state index contributed by atoms with van der Waals surface area (Å²) in [6.07, 6.45) is 3.19. The Morgan fingerprint density at radius 1 is 1.07 bits per heavy atom. The third-order valence-corrected chi connectivity index (χ3v) is 8.61. The highest BCUT2D eigenvalue weighted by Gasteiger charge is 2.35. The van der Waals surface area contributed by atoms with Gasteiger partial charge in [0.05, 0.1) is 28.5 Å². The number of benzene rings is 3. The monoisotopic (exact) mass is 660 g/mol. The molecule has 2 aliphatic rings. The van der Waals surface area contributed by atoms with Crippen molar-refractivity contribution >= 4 is 39.3 Å². The van der Waals surface area contributed by atoms with Crippen molar-refractivity contribution in [3.8, 4) is 17.2 Å². The first-order chi connectivity index (χ1) is 20.9. The maximum absolute atomic E-state index is 14.0. The smallest absolute Gasteiger partial charge is 0.338 e. The minimum absolute atomic E-state index is 0.122. The topological polar surface area (TPSA) is 88.4 Å². The van der Waals surface area contributed by atoms with Crippen molar-refractivity contribution in [1.29, 1.82) is 0 Å². The number of fused-ring (bicyclic) bond motifs is 2. The molecule has 0 saturated heterocycles. The second-order valence-corrected chi connectivity index (χ2v) is 11.9. The van der Waals surface area contributed by atoms with E-state index in [2.05, 4.69) is 15.9 Å². The minimum Gasteiger partial charge on any atom is -0.489 e. The predicted molar refractivity (Wildman–Crippen MR) is 167 cm³/mol. The fraction of sp³-hybridized carbons (Fsp3) is 0.242. The summed E-state index contributed by atoms with van der Waals surface area (Å²) in [6, 6.07) is 20.3. The summed E-state index contributed by atoms with van der Waals surface area (Å²) in [7, 11) is 0. The Kier molecular flexibility index (Phi) is 8.49. The zero-order chi connectivity index (χ0) is 29.9. The van der Waals surface area contributed by atoms with Crippen LogP contribution in [-0.4, -0.2) is 23.9 Å². The lowest BCUT2D eigenvalue weighted by Gasteiger charge is -2.25. The maximum atomic E-state index is 14.0. The molecule has 0 aliphatic carbocycles. The lowest BCUT2D eigenvalue weighted by atomic mass is 9.94. The van der Waals surface area contributed by atoms with Gasteiger partial charge in [-0.2, -0.15) is 0 Å². The molecule has 43 heavy (non-hydrogen) atoms. The van der Waals surface area contributed by atoms with Crippen molar-refractivity contribution in [2.75, 3.05) is 13.4 Å². The molecule has 0 amide bonds. The van der Waals surface area contributed by atoms with Gasteiger partial charge in [0.1, 0.15) is 12.4 Å². The van der Waals surface area contributed by atoms with E-state index in [4.69, 9.17) is 23.9 Å². The number of carbonyl (C=O) groups excluding carboxylic acids is 1. The van der Waals surface area contributed by atoms with Gasteiger partial charge in [-0.1, -0.05) is 70.9 Å². The number of aromatic nitrogens is 1. The average Bonchev–Trinajstić information content (AvgIpc) is 3.60. The second kappa shape index (κ2) is 12.6. The highest BCUT2D eigenvalue weighted by molar-refractivity contribution is 9.10. The van der Waals surface area contributed by atoms with Crippen LogP contribution in [0.1, 0.15) is 49.4 Å². The van der Waals surface area contributed by atoms with Crippen molar-refractivity contribution < 1.29 is 23.7 Å². The molecule has 8 nitrogen and oxygen atoms in total. The number of esters is 1. The Morgan fingerprint density at radius 3 is 2.58 bits per heavy atom. The Labute approximate surface area is 260 Å². The highest BCUT2D eigenvalue weighted by Crippen LogP contribution is 2.38. The van der Waals surface area contributed by atoms with Crippen LogP contribution in [0.15, 0.2) is 92.3 Å². The second-order valence-electron chi connectivity index (χ2n) is 10.0. The van der Waals surface area contributed by atoms with Crippen LogP contribution in [0, 0.1) is 0 Å². The van der Waals surface area contributed by atoms with Gasteiger partial charge in [0.15, 0.2) is 16.3 Å². The van der Waals surface area contributed by atoms with Crippen LogP contribution >= 0.6 is 27.3 Å². The molecule has 0 fully saturated rings. The SMILES string of the molecule is CCCC1=C(C(=O)OCC)[C@@H](c2ccc3c(c2)OCO3)n2c(s/c(=C\c3ccc(OCc4ccc(Br)cc4)cc3)c2=O)=N1. The Balaban J connectivity index is 1.38. The summed E-state index contributed by atoms with van der Waals surface area (Å²) in [4.78, 5) is 32.7. The van der Waals surface area contributed by atoms with Gasteiger partial charge in [-0.25, -0.2) is 9.79 Å². The summed E-state index contributed by atoms with van der Waals surface area (Å²) in [5.74, 6) is 1.44. The summed E-state index contributed by atoms with van der Waals surface area (Å²) in [6.45, 7) is 4.58. The van der Waals surface area contributed by atoms with E-state index in [1.165, 1.54) is 11.3 Å². The lowest BCUT2D eigenvalue weighted by molar-refractivity contribution is -0.139. The zero-order valence-corrected chi connectivity index (χ0v) is 26.1. The largest absolute Gasteiger partial charge is 0.489 e. The number of rotatable bonds is 9. The molecule has 0 unspecified atom stereocenters. The Hall–Kier alpha value is -4.15. The molecular weight excluding hydrogens is 632 g/mol. The predicted octanol–water partition coefficient (Wildman–Crippen LogP) is 5.65. The quantitative estimate of drug-likeness (QED) is 0.216. The van der Waals surface area contributed by atoms with Crippen LogP contribution in [-0.2, 0) is 16.1 Å². The average molecular weight is 662 g/mol. The number of nitrogens with zero attached hydrogens (tertiary/aromatic N) is 2. The lowest BCUT2D eigenvalue weighted by Crippen LogP contribution is -2.40. The standard InChI is InChI=1S/C33H29BrN2O6S/c1-3-5-25-29(32(38)39-4-2)30(22-10-15-26-27(17-22)42-19-41-26)36-31(37)28(43-33(36)35-25)16-20-8-13-24(14-9-20)40-18-21-6-11-23(34)12-7-21/h6-17,30H,3-5,18-19H2,1-2H3/b28-16-/t30-/m1/s1. The molecule has 2 aliphatic heterocycles. The van der Waals surface area contributed by atoms with Crippen LogP contribution in [0.3, 0.4) is 0 Å². The molecular formula is C33H29BrN2O6S. The first kappa shape index (κ1) is 28.9. The fourth-order valence-electron chi connectivity index (χ4n) is 5.08. The molecule has 0 saturated carbocycles. The Morgan fingerprint density at radius 2 is 1.84 bits per heavy atom. The van der Waals surface area contributed by atoms with Crippen LogP contribution in [0.25, 0.3) is 6.08 Å². The van der Waals surface area contributed by atoms with Crippen molar-refractivity contribution in [2.24, 2.45) is 4.99 Å². The van der Waals surface area contributed by atoms with Crippen LogP contribution in [0.2, 0.25) is 0 Å². The molecule has 6 rings (SSSR count). The summed E-state index contributed by atoms with van der Waals surface area (Å²) < 4.78 is 25.7. The van der Waals surface area contributed by atoms with E-state index in [-0.39, 0.29) is 19.0 Å². The number of thiazole rings is 1. The number of hydrogen-bond acceptors (Lipinski definition) is 8. The molecule has 220 valence electrons. The van der Waals surface area contributed by atoms with Gasteiger partial charge in [-0.3, -0.25) is 9.36 Å². The molecule has 0 bridgehead atoms. The van der Waals surface area contributed by atoms with E-state index in [0.717, 1.165) is 33.3 Å². The summed E-state index contributed by atoms with van der Waals surface area (Å²) in [5.41, 5.74) is 3.39. The Bertz CT molecular complexity index is 1880. The highest BCUT2D eigenvalue weighted by atomic mass is 79.9. The van der Waals surface area contributed by atoms with Gasteiger partial charge in [0.25, 0.3) is 5.56 Å². The van der Waals surface area contributed by atoms with Crippen molar-refractivity contribution in [3.63, 3.8) is 0 Å². The number of halogens is 1. The number of carbonyl (C=O) groups is 1. The number of hydrogen-bond donors (Lipinski definition) is 0. The minimum atomic E-state index is -0.720. The van der Waals surface area contributed by atoms with Gasteiger partial charge in [0.2, 0.25) is 6.79 Å². The maximum Gasteiger partial charge on any atom is 0.338 e. The summed E-state index contributed by atoms with van der Waals surface area (Å²) in [5, 5.41) is 0. The molecule has 3 heterocycles. The molecule has 10 heteroatoms. The molecule has 4 aromatic rings. The van der Waals surface area contributed by atoms with Gasteiger partial charge in [0, 0.05) is 4.47 Å². The van der Waals surface area contributed by atoms with E-state index in [1.54, 1.807) is 17.6 Å². The number of allylic oxidation sites excluding steroid dienone is 1. The third kappa shape index (κ3) is 6.03. The van der Waals surface area contributed by atoms with Crippen LogP contribution < -0.4 is 29.1 Å². The summed E-state index contributed by atoms with van der Waals surface area (Å²) >= 11 is 4.75. The first-order valence-corrected chi connectivity index (χ1v) is 15.6. The fourth-order valence-corrected chi connectivity index (χ4v) is 6.36. The van der Waals surface area contributed by atoms with E-state index >= 15 is 0 Å². The molecule has 1 aromatic heterocycles. The van der Waals surface area contributed by atoms with Crippen LogP contribution in [0.5, 0.6) is 17.2 Å². The van der Waals surface area contributed by atoms with Crippen molar-refractivity contribution in [1.82, 2.24) is 4.57 Å². The van der Waals surface area contributed by atoms with E-state index < -0.39 is 12.0 Å². The molecule has 0 radical (unpaired) electrons. The first-order valence-electron chi connectivity index (χ1n) is 14.0. The van der Waals surface area contributed by atoms with Gasteiger partial charge in [-0.05, 0) is 72.5 Å². The number of ether oxygens (including phenoxy) is 4. The molecule has 3 aromatic carbocycles. The van der Waals surface area contributed by atoms with Crippen molar-refractivity contribution in [3.05, 3.63) is 119 Å². The molecule has 0 N–H and O–H groups in total. The molecule has 1 atom stereocenters. The van der Waals surface area contributed by atoms with Crippen LogP contribution in [0.4, 0.5) is 0 Å². The normalized spacial score (nSPS) is 15.7. The zero-order valence-electron chi connectivity index (χ0n) is 23.7. The van der Waals surface area contributed by atoms with E-state index in [0.29, 0.717) is 45.1 Å². The van der Waals surface area contributed by atoms with E-state index in [9.17, 15) is 9.59 Å². The van der Waals surface area contributed by atoms with Crippen molar-refractivity contribution in [2.45, 2.75) is 39.3 Å². The van der Waals surface area contributed by atoms with Gasteiger partial charge < -0.3 is 18.9 Å². The third-order valence-electron chi connectivity index (χ3n) is 7.10.